The van der Waals surface area contributed by atoms with Crippen LogP contribution in [0.2, 0.25) is 0 Å². The number of β-amino-alcohol motifs (C(OH)–C–C–N with tert-alkyl or cyclic N) is 1. The van der Waals surface area contributed by atoms with Gasteiger partial charge in [-0.25, -0.2) is 0 Å². The average molecular weight is 335 g/mol. The van der Waals surface area contributed by atoms with Gasteiger partial charge in [0.15, 0.2) is 0 Å². The van der Waals surface area contributed by atoms with Gasteiger partial charge in [0, 0.05) is 13.2 Å². The number of hydrogen-bond acceptors (Lipinski definition) is 5. The highest BCUT2D eigenvalue weighted by molar-refractivity contribution is 5.28. The number of likely N-dealkylation sites (tertiary alicyclic amines) is 1. The number of hydrogen-bond donors (Lipinski definition) is 2. The fourth-order valence-electron chi connectivity index (χ4n) is 3.66. The Morgan fingerprint density at radius 1 is 1.17 bits per heavy atom. The Morgan fingerprint density at radius 2 is 1.92 bits per heavy atom. The number of phenols is 1. The van der Waals surface area contributed by atoms with Crippen molar-refractivity contribution < 1.29 is 19.7 Å². The van der Waals surface area contributed by atoms with E-state index in [0.717, 1.165) is 45.4 Å². The van der Waals surface area contributed by atoms with Crippen LogP contribution in [0.4, 0.5) is 0 Å². The van der Waals surface area contributed by atoms with Crippen LogP contribution < -0.4 is 0 Å². The van der Waals surface area contributed by atoms with Crippen molar-refractivity contribution in [1.29, 1.82) is 0 Å². The van der Waals surface area contributed by atoms with Gasteiger partial charge in [-0.05, 0) is 62.4 Å². The zero-order valence-electron chi connectivity index (χ0n) is 14.3. The van der Waals surface area contributed by atoms with E-state index in [0.29, 0.717) is 31.4 Å². The molecule has 24 heavy (non-hydrogen) atoms. The summed E-state index contributed by atoms with van der Waals surface area (Å²) in [5.74, 6) is 0.872. The molecule has 2 unspecified atom stereocenters. The van der Waals surface area contributed by atoms with Crippen molar-refractivity contribution in [1.82, 2.24) is 4.90 Å². The second-order valence-electron chi connectivity index (χ2n) is 6.99. The Kier molecular flexibility index (Phi) is 6.49. The highest BCUT2D eigenvalue weighted by atomic mass is 16.5. The summed E-state index contributed by atoms with van der Waals surface area (Å²) in [4.78, 5) is 2.32. The summed E-state index contributed by atoms with van der Waals surface area (Å²) in [7, 11) is 0. The van der Waals surface area contributed by atoms with Crippen molar-refractivity contribution in [3.05, 3.63) is 29.8 Å². The summed E-state index contributed by atoms with van der Waals surface area (Å²) < 4.78 is 11.1. The minimum Gasteiger partial charge on any atom is -0.508 e. The maximum atomic E-state index is 10.2. The van der Waals surface area contributed by atoms with Gasteiger partial charge >= 0.3 is 0 Å². The monoisotopic (exact) mass is 335 g/mol. The molecule has 1 aromatic carbocycles. The molecule has 2 aliphatic heterocycles. The number of ether oxygens (including phenoxy) is 2. The van der Waals surface area contributed by atoms with Crippen LogP contribution in [0.3, 0.4) is 0 Å². The lowest BCUT2D eigenvalue weighted by atomic mass is 9.89. The van der Waals surface area contributed by atoms with Gasteiger partial charge in [0.25, 0.3) is 0 Å². The minimum atomic E-state index is -0.434. The number of aliphatic hydroxyl groups excluding tert-OH is 1. The summed E-state index contributed by atoms with van der Waals surface area (Å²) in [5, 5.41) is 19.5. The molecular formula is C19H29NO4. The highest BCUT2D eigenvalue weighted by Crippen LogP contribution is 2.29. The number of piperidine rings is 1. The van der Waals surface area contributed by atoms with Gasteiger partial charge in [-0.15, -0.1) is 0 Å². The van der Waals surface area contributed by atoms with Crippen LogP contribution in [-0.4, -0.2) is 66.8 Å². The van der Waals surface area contributed by atoms with Crippen LogP contribution in [-0.2, 0) is 9.47 Å². The Labute approximate surface area is 144 Å². The lowest BCUT2D eigenvalue weighted by Crippen LogP contribution is -2.40. The Bertz CT molecular complexity index is 479. The molecule has 0 saturated carbocycles. The third kappa shape index (κ3) is 5.18. The molecule has 5 heteroatoms. The molecule has 2 atom stereocenters. The minimum absolute atomic E-state index is 0.221. The quantitative estimate of drug-likeness (QED) is 0.799. The molecule has 5 nitrogen and oxygen atoms in total. The second-order valence-corrected chi connectivity index (χ2v) is 6.99. The maximum absolute atomic E-state index is 10.2. The molecule has 0 radical (unpaired) electrons. The normalized spacial score (nSPS) is 24.3. The molecule has 3 rings (SSSR count). The van der Waals surface area contributed by atoms with Gasteiger partial charge in [-0.2, -0.15) is 0 Å². The standard InChI is InChI=1S/C19H29NO4/c21-17-5-3-15(4-6-17)16-7-9-20(10-8-16)12-18(22)13-23-14-19-2-1-11-24-19/h3-6,16,18-19,21-22H,1-2,7-14H2. The Morgan fingerprint density at radius 3 is 2.58 bits per heavy atom. The third-order valence-electron chi connectivity index (χ3n) is 5.06. The molecule has 1 aromatic rings. The van der Waals surface area contributed by atoms with Gasteiger partial charge < -0.3 is 24.6 Å². The van der Waals surface area contributed by atoms with Crippen LogP contribution in [0.25, 0.3) is 0 Å². The SMILES string of the molecule is Oc1ccc(C2CCN(CC(O)COCC3CCCO3)CC2)cc1. The molecule has 0 bridgehead atoms. The first kappa shape index (κ1) is 17.7. The summed E-state index contributed by atoms with van der Waals surface area (Å²) in [6, 6.07) is 7.56. The number of aromatic hydroxyl groups is 1. The fourth-order valence-corrected chi connectivity index (χ4v) is 3.66. The lowest BCUT2D eigenvalue weighted by Gasteiger charge is -2.33. The van der Waals surface area contributed by atoms with E-state index in [2.05, 4.69) is 4.90 Å². The summed E-state index contributed by atoms with van der Waals surface area (Å²) in [5.41, 5.74) is 1.30. The number of aliphatic hydroxyl groups is 1. The topological polar surface area (TPSA) is 62.2 Å². The van der Waals surface area contributed by atoms with Crippen molar-refractivity contribution in [2.75, 3.05) is 39.5 Å². The molecule has 2 aliphatic rings. The van der Waals surface area contributed by atoms with Gasteiger partial charge in [-0.1, -0.05) is 12.1 Å². The zero-order chi connectivity index (χ0) is 16.8. The van der Waals surface area contributed by atoms with Crippen molar-refractivity contribution >= 4 is 0 Å². The molecular weight excluding hydrogens is 306 g/mol. The number of rotatable bonds is 7. The molecule has 0 aliphatic carbocycles. The smallest absolute Gasteiger partial charge is 0.115 e. The summed E-state index contributed by atoms with van der Waals surface area (Å²) in [6.45, 7) is 4.49. The second kappa shape index (κ2) is 8.81. The van der Waals surface area contributed by atoms with Gasteiger partial charge in [0.05, 0.1) is 25.4 Å². The maximum Gasteiger partial charge on any atom is 0.115 e. The molecule has 2 fully saturated rings. The molecule has 0 amide bonds. The summed E-state index contributed by atoms with van der Waals surface area (Å²) in [6.07, 6.45) is 4.16. The molecule has 0 aromatic heterocycles. The first-order valence-corrected chi connectivity index (χ1v) is 9.09. The number of nitrogens with zero attached hydrogens (tertiary/aromatic N) is 1. The van der Waals surface area contributed by atoms with Gasteiger partial charge in [0.2, 0.25) is 0 Å². The van der Waals surface area contributed by atoms with E-state index in [4.69, 9.17) is 9.47 Å². The molecule has 2 saturated heterocycles. The fraction of sp³-hybridized carbons (Fsp3) is 0.684. The number of phenolic OH excluding ortho intramolecular Hbond substituents is 1. The first-order chi connectivity index (χ1) is 11.7. The average Bonchev–Trinajstić information content (AvgIpc) is 3.10. The van der Waals surface area contributed by atoms with E-state index in [9.17, 15) is 10.2 Å². The Hall–Kier alpha value is -1.14. The van der Waals surface area contributed by atoms with Crippen molar-refractivity contribution in [3.63, 3.8) is 0 Å². The third-order valence-corrected chi connectivity index (χ3v) is 5.06. The van der Waals surface area contributed by atoms with Crippen LogP contribution in [0, 0.1) is 0 Å². The van der Waals surface area contributed by atoms with Crippen LogP contribution in [0.15, 0.2) is 24.3 Å². The Balaban J connectivity index is 1.33. The van der Waals surface area contributed by atoms with E-state index in [1.54, 1.807) is 12.1 Å². The predicted octanol–water partition coefficient (Wildman–Crippen LogP) is 2.13. The number of benzene rings is 1. The molecule has 134 valence electrons. The van der Waals surface area contributed by atoms with Crippen LogP contribution in [0.5, 0.6) is 5.75 Å². The van der Waals surface area contributed by atoms with E-state index in [-0.39, 0.29) is 6.10 Å². The van der Waals surface area contributed by atoms with Gasteiger partial charge in [0.1, 0.15) is 5.75 Å². The highest BCUT2D eigenvalue weighted by Gasteiger charge is 2.22. The molecule has 0 spiro atoms. The van der Waals surface area contributed by atoms with Crippen LogP contribution in [0.1, 0.15) is 37.2 Å². The van der Waals surface area contributed by atoms with Crippen molar-refractivity contribution in [2.45, 2.75) is 43.8 Å². The zero-order valence-corrected chi connectivity index (χ0v) is 14.3. The van der Waals surface area contributed by atoms with E-state index >= 15 is 0 Å². The van der Waals surface area contributed by atoms with Crippen molar-refractivity contribution in [2.24, 2.45) is 0 Å². The van der Waals surface area contributed by atoms with Crippen LogP contribution >= 0.6 is 0 Å². The van der Waals surface area contributed by atoms with E-state index < -0.39 is 6.10 Å². The van der Waals surface area contributed by atoms with Gasteiger partial charge in [-0.3, -0.25) is 0 Å². The summed E-state index contributed by atoms with van der Waals surface area (Å²) >= 11 is 0. The lowest BCUT2D eigenvalue weighted by molar-refractivity contribution is -0.0267. The molecule has 2 N–H and O–H groups in total. The largest absolute Gasteiger partial charge is 0.508 e. The van der Waals surface area contributed by atoms with E-state index in [1.807, 2.05) is 12.1 Å². The predicted molar refractivity (Wildman–Crippen MR) is 92.3 cm³/mol. The van der Waals surface area contributed by atoms with Crippen molar-refractivity contribution in [3.8, 4) is 5.75 Å². The first-order valence-electron chi connectivity index (χ1n) is 9.09. The molecule has 2 heterocycles. The van der Waals surface area contributed by atoms with E-state index in [1.165, 1.54) is 5.56 Å².